The monoisotopic (exact) mass is 207 g/mol. The van der Waals surface area contributed by atoms with Crippen LogP contribution in [0.25, 0.3) is 0 Å². The highest BCUT2D eigenvalue weighted by Gasteiger charge is 2.13. The second-order valence-corrected chi connectivity index (χ2v) is 4.12. The summed E-state index contributed by atoms with van der Waals surface area (Å²) in [6.45, 7) is 6.72. The van der Waals surface area contributed by atoms with Crippen LogP contribution in [0.15, 0.2) is 12.4 Å². The Balaban J connectivity index is 2.72. The summed E-state index contributed by atoms with van der Waals surface area (Å²) < 4.78 is 0. The van der Waals surface area contributed by atoms with Crippen LogP contribution in [0, 0.1) is 12.8 Å². The number of rotatable bonds is 3. The van der Waals surface area contributed by atoms with Crippen molar-refractivity contribution in [1.29, 1.82) is 0 Å². The first-order valence-electron chi connectivity index (χ1n) is 5.05. The smallest absolute Gasteiger partial charge is 0.273 e. The quantitative estimate of drug-likeness (QED) is 0.754. The lowest BCUT2D eigenvalue weighted by Crippen LogP contribution is -2.31. The molecule has 0 atom stereocenters. The zero-order chi connectivity index (χ0) is 11.4. The molecule has 0 fully saturated rings. The normalized spacial score (nSPS) is 10.5. The lowest BCUT2D eigenvalue weighted by Gasteiger charge is -2.18. The van der Waals surface area contributed by atoms with E-state index in [1.165, 1.54) is 6.20 Å². The van der Waals surface area contributed by atoms with E-state index in [0.717, 1.165) is 12.2 Å². The molecule has 0 aromatic carbocycles. The van der Waals surface area contributed by atoms with Gasteiger partial charge in [0.05, 0.1) is 11.9 Å². The van der Waals surface area contributed by atoms with Crippen LogP contribution in [-0.4, -0.2) is 34.4 Å². The Labute approximate surface area is 90.3 Å². The summed E-state index contributed by atoms with van der Waals surface area (Å²) in [7, 11) is 1.78. The Morgan fingerprint density at radius 3 is 2.53 bits per heavy atom. The Morgan fingerprint density at radius 2 is 2.07 bits per heavy atom. The minimum Gasteiger partial charge on any atom is -0.340 e. The number of carbonyl (C=O) groups excluding carboxylic acids is 1. The fourth-order valence-corrected chi connectivity index (χ4v) is 1.33. The van der Waals surface area contributed by atoms with Crippen LogP contribution in [0.4, 0.5) is 0 Å². The highest BCUT2D eigenvalue weighted by molar-refractivity contribution is 5.91. The SMILES string of the molecule is Cc1cnc(C(=O)N(C)CC(C)C)cn1. The third-order valence-electron chi connectivity index (χ3n) is 1.99. The molecule has 4 nitrogen and oxygen atoms in total. The highest BCUT2D eigenvalue weighted by Crippen LogP contribution is 2.02. The number of aromatic nitrogens is 2. The first-order valence-corrected chi connectivity index (χ1v) is 5.05. The molecule has 0 saturated heterocycles. The first-order chi connectivity index (χ1) is 7.00. The van der Waals surface area contributed by atoms with Crippen molar-refractivity contribution < 1.29 is 4.79 Å². The molecule has 1 rings (SSSR count). The van der Waals surface area contributed by atoms with E-state index in [9.17, 15) is 4.79 Å². The van der Waals surface area contributed by atoms with E-state index < -0.39 is 0 Å². The van der Waals surface area contributed by atoms with Crippen LogP contribution in [0.3, 0.4) is 0 Å². The second kappa shape index (κ2) is 4.87. The molecule has 0 saturated carbocycles. The third kappa shape index (κ3) is 3.31. The molecule has 15 heavy (non-hydrogen) atoms. The number of hydrogen-bond donors (Lipinski definition) is 0. The van der Waals surface area contributed by atoms with Gasteiger partial charge in [-0.1, -0.05) is 13.8 Å². The van der Waals surface area contributed by atoms with E-state index in [1.54, 1.807) is 18.1 Å². The average molecular weight is 207 g/mol. The van der Waals surface area contributed by atoms with Crippen molar-refractivity contribution in [3.05, 3.63) is 23.8 Å². The van der Waals surface area contributed by atoms with E-state index in [1.807, 2.05) is 6.92 Å². The molecule has 1 aromatic rings. The zero-order valence-corrected chi connectivity index (χ0v) is 9.69. The van der Waals surface area contributed by atoms with E-state index in [4.69, 9.17) is 0 Å². The molecular formula is C11H17N3O. The summed E-state index contributed by atoms with van der Waals surface area (Å²) in [6.07, 6.45) is 3.13. The zero-order valence-electron chi connectivity index (χ0n) is 9.69. The molecule has 1 amide bonds. The summed E-state index contributed by atoms with van der Waals surface area (Å²) in [5.41, 5.74) is 1.22. The van der Waals surface area contributed by atoms with Gasteiger partial charge in [0.25, 0.3) is 5.91 Å². The molecule has 0 radical (unpaired) electrons. The maximum Gasteiger partial charge on any atom is 0.273 e. The van der Waals surface area contributed by atoms with Gasteiger partial charge >= 0.3 is 0 Å². The lowest BCUT2D eigenvalue weighted by atomic mass is 10.2. The molecule has 0 spiro atoms. The minimum absolute atomic E-state index is 0.0730. The molecule has 82 valence electrons. The van der Waals surface area contributed by atoms with Crippen LogP contribution in [0.5, 0.6) is 0 Å². The molecule has 4 heteroatoms. The highest BCUT2D eigenvalue weighted by atomic mass is 16.2. The van der Waals surface area contributed by atoms with Gasteiger partial charge < -0.3 is 4.90 Å². The van der Waals surface area contributed by atoms with Gasteiger partial charge in [-0.3, -0.25) is 9.78 Å². The molecule has 0 bridgehead atoms. The van der Waals surface area contributed by atoms with E-state index in [-0.39, 0.29) is 5.91 Å². The number of hydrogen-bond acceptors (Lipinski definition) is 3. The van der Waals surface area contributed by atoms with Crippen LogP contribution >= 0.6 is 0 Å². The van der Waals surface area contributed by atoms with Gasteiger partial charge in [-0.2, -0.15) is 0 Å². The van der Waals surface area contributed by atoms with Crippen LogP contribution in [0.2, 0.25) is 0 Å². The largest absolute Gasteiger partial charge is 0.340 e. The molecule has 0 aliphatic carbocycles. The Hall–Kier alpha value is -1.45. The van der Waals surface area contributed by atoms with Gasteiger partial charge in [0, 0.05) is 19.8 Å². The summed E-state index contributed by atoms with van der Waals surface area (Å²) >= 11 is 0. The van der Waals surface area contributed by atoms with Crippen molar-refractivity contribution in [3.63, 3.8) is 0 Å². The summed E-state index contributed by atoms with van der Waals surface area (Å²) in [6, 6.07) is 0. The molecule has 1 aromatic heterocycles. The van der Waals surface area contributed by atoms with E-state index in [0.29, 0.717) is 11.6 Å². The van der Waals surface area contributed by atoms with Crippen LogP contribution in [-0.2, 0) is 0 Å². The number of nitrogens with zero attached hydrogens (tertiary/aromatic N) is 3. The maximum atomic E-state index is 11.8. The van der Waals surface area contributed by atoms with Crippen molar-refractivity contribution in [3.8, 4) is 0 Å². The van der Waals surface area contributed by atoms with E-state index in [2.05, 4.69) is 23.8 Å². The average Bonchev–Trinajstić information content (AvgIpc) is 2.17. The fraction of sp³-hybridized carbons (Fsp3) is 0.545. The molecule has 1 heterocycles. The predicted molar refractivity (Wildman–Crippen MR) is 58.6 cm³/mol. The minimum atomic E-state index is -0.0730. The topological polar surface area (TPSA) is 46.1 Å². The standard InChI is InChI=1S/C11H17N3O/c1-8(2)7-14(4)11(15)10-6-12-9(3)5-13-10/h5-6,8H,7H2,1-4H3. The third-order valence-corrected chi connectivity index (χ3v) is 1.99. The molecule has 0 aliphatic heterocycles. The lowest BCUT2D eigenvalue weighted by molar-refractivity contribution is 0.0773. The molecule has 0 unspecified atom stereocenters. The summed E-state index contributed by atoms with van der Waals surface area (Å²) in [5.74, 6) is 0.383. The summed E-state index contributed by atoms with van der Waals surface area (Å²) in [5, 5.41) is 0. The van der Waals surface area contributed by atoms with Crippen molar-refractivity contribution >= 4 is 5.91 Å². The Bertz CT molecular complexity index is 332. The summed E-state index contributed by atoms with van der Waals surface area (Å²) in [4.78, 5) is 21.6. The molecule has 0 aliphatic rings. The number of amides is 1. The first kappa shape index (κ1) is 11.6. The molecule has 0 N–H and O–H groups in total. The number of carbonyl (C=O) groups is 1. The second-order valence-electron chi connectivity index (χ2n) is 4.12. The molecular weight excluding hydrogens is 190 g/mol. The fourth-order valence-electron chi connectivity index (χ4n) is 1.33. The van der Waals surface area contributed by atoms with Crippen LogP contribution in [0.1, 0.15) is 30.0 Å². The van der Waals surface area contributed by atoms with Gasteiger partial charge in [0.15, 0.2) is 0 Å². The van der Waals surface area contributed by atoms with Gasteiger partial charge in [-0.25, -0.2) is 4.98 Å². The maximum absolute atomic E-state index is 11.8. The predicted octanol–water partition coefficient (Wildman–Crippen LogP) is 1.51. The van der Waals surface area contributed by atoms with Crippen molar-refractivity contribution in [1.82, 2.24) is 14.9 Å². The Morgan fingerprint density at radius 1 is 1.40 bits per heavy atom. The van der Waals surface area contributed by atoms with Gasteiger partial charge in [0.2, 0.25) is 0 Å². The van der Waals surface area contributed by atoms with E-state index >= 15 is 0 Å². The van der Waals surface area contributed by atoms with Crippen molar-refractivity contribution in [2.24, 2.45) is 5.92 Å². The Kier molecular flexibility index (Phi) is 3.77. The van der Waals surface area contributed by atoms with Gasteiger partial charge in [-0.05, 0) is 12.8 Å². The van der Waals surface area contributed by atoms with Gasteiger partial charge in [0.1, 0.15) is 5.69 Å². The van der Waals surface area contributed by atoms with Gasteiger partial charge in [-0.15, -0.1) is 0 Å². The van der Waals surface area contributed by atoms with Crippen molar-refractivity contribution in [2.75, 3.05) is 13.6 Å². The van der Waals surface area contributed by atoms with Crippen molar-refractivity contribution in [2.45, 2.75) is 20.8 Å². The van der Waals surface area contributed by atoms with Crippen LogP contribution < -0.4 is 0 Å². The number of aryl methyl sites for hydroxylation is 1.